The van der Waals surface area contributed by atoms with Gasteiger partial charge in [-0.15, -0.1) is 0 Å². The summed E-state index contributed by atoms with van der Waals surface area (Å²) < 4.78 is 0. The summed E-state index contributed by atoms with van der Waals surface area (Å²) in [5.41, 5.74) is 5.99. The molecule has 0 spiro atoms. The van der Waals surface area contributed by atoms with Gasteiger partial charge in [0.15, 0.2) is 5.78 Å². The van der Waals surface area contributed by atoms with Gasteiger partial charge in [-0.25, -0.2) is 9.97 Å². The molecule has 1 rings (SSSR count). The molecule has 0 saturated carbocycles. The molecule has 0 radical (unpaired) electrons. The summed E-state index contributed by atoms with van der Waals surface area (Å²) in [4.78, 5) is 20.9. The Hall–Kier alpha value is -1.37. The Morgan fingerprint density at radius 3 is 2.68 bits per heavy atom. The standard InChI is InChI=1S/C16H28N4O.H2O/c1-4-5-6-8-18-14(10-12(2)3)16(21)13-7-9-19-15(11-17)20-13;/h7,9,12,14,18H,4-6,8,10-11,17H2,1-3H3;1H2. The van der Waals surface area contributed by atoms with E-state index < -0.39 is 0 Å². The van der Waals surface area contributed by atoms with Crippen molar-refractivity contribution in [1.29, 1.82) is 0 Å². The van der Waals surface area contributed by atoms with Crippen molar-refractivity contribution in [3.8, 4) is 0 Å². The predicted molar refractivity (Wildman–Crippen MR) is 88.6 cm³/mol. The Kier molecular flexibility index (Phi) is 10.5. The van der Waals surface area contributed by atoms with Crippen LogP contribution >= 0.6 is 0 Å². The molecule has 0 fully saturated rings. The summed E-state index contributed by atoms with van der Waals surface area (Å²) in [6.45, 7) is 7.54. The van der Waals surface area contributed by atoms with Gasteiger partial charge < -0.3 is 16.5 Å². The smallest absolute Gasteiger partial charge is 0.198 e. The van der Waals surface area contributed by atoms with Crippen molar-refractivity contribution >= 4 is 5.78 Å². The van der Waals surface area contributed by atoms with Crippen LogP contribution in [0.2, 0.25) is 0 Å². The second kappa shape index (κ2) is 11.2. The van der Waals surface area contributed by atoms with E-state index in [1.54, 1.807) is 12.3 Å². The number of nitrogens with zero attached hydrogens (tertiary/aromatic N) is 2. The van der Waals surface area contributed by atoms with E-state index in [9.17, 15) is 4.79 Å². The number of rotatable bonds is 10. The second-order valence-corrected chi connectivity index (χ2v) is 5.77. The number of unbranched alkanes of at least 4 members (excludes halogenated alkanes) is 2. The second-order valence-electron chi connectivity index (χ2n) is 5.77. The molecule has 6 nitrogen and oxygen atoms in total. The lowest BCUT2D eigenvalue weighted by Gasteiger charge is -2.19. The number of nitrogens with one attached hydrogen (secondary N) is 1. The van der Waals surface area contributed by atoms with Gasteiger partial charge in [-0.3, -0.25) is 4.79 Å². The molecule has 22 heavy (non-hydrogen) atoms. The molecule has 0 aromatic carbocycles. The van der Waals surface area contributed by atoms with Gasteiger partial charge in [-0.2, -0.15) is 0 Å². The van der Waals surface area contributed by atoms with Crippen molar-refractivity contribution in [2.75, 3.05) is 6.54 Å². The van der Waals surface area contributed by atoms with Crippen LogP contribution < -0.4 is 11.1 Å². The van der Waals surface area contributed by atoms with E-state index in [1.807, 2.05) is 0 Å². The highest BCUT2D eigenvalue weighted by Gasteiger charge is 2.22. The van der Waals surface area contributed by atoms with Gasteiger partial charge in [0.1, 0.15) is 11.5 Å². The van der Waals surface area contributed by atoms with Crippen LogP contribution in [-0.2, 0) is 6.54 Å². The highest BCUT2D eigenvalue weighted by Crippen LogP contribution is 2.10. The van der Waals surface area contributed by atoms with E-state index in [4.69, 9.17) is 5.73 Å². The quantitative estimate of drug-likeness (QED) is 0.502. The first-order valence-corrected chi connectivity index (χ1v) is 7.88. The van der Waals surface area contributed by atoms with Gasteiger partial charge >= 0.3 is 0 Å². The van der Waals surface area contributed by atoms with E-state index in [0.29, 0.717) is 17.4 Å². The van der Waals surface area contributed by atoms with Crippen molar-refractivity contribution in [2.45, 2.75) is 59.0 Å². The van der Waals surface area contributed by atoms with E-state index >= 15 is 0 Å². The number of carbonyl (C=O) groups excluding carboxylic acids is 1. The van der Waals surface area contributed by atoms with Crippen molar-refractivity contribution in [3.63, 3.8) is 0 Å². The van der Waals surface area contributed by atoms with Crippen molar-refractivity contribution < 1.29 is 10.3 Å². The van der Waals surface area contributed by atoms with E-state index in [-0.39, 0.29) is 23.8 Å². The molecule has 0 bridgehead atoms. The summed E-state index contributed by atoms with van der Waals surface area (Å²) in [5.74, 6) is 1.00. The van der Waals surface area contributed by atoms with Gasteiger partial charge in [0.25, 0.3) is 0 Å². The van der Waals surface area contributed by atoms with Crippen molar-refractivity contribution in [1.82, 2.24) is 15.3 Å². The first-order valence-electron chi connectivity index (χ1n) is 7.88. The van der Waals surface area contributed by atoms with E-state index in [0.717, 1.165) is 19.4 Å². The van der Waals surface area contributed by atoms with Gasteiger partial charge in [0.2, 0.25) is 0 Å². The van der Waals surface area contributed by atoms with E-state index in [1.165, 1.54) is 12.8 Å². The zero-order valence-electron chi connectivity index (χ0n) is 13.9. The Bertz CT molecular complexity index is 438. The fourth-order valence-electron chi connectivity index (χ4n) is 2.22. The minimum Gasteiger partial charge on any atom is -0.412 e. The average Bonchev–Trinajstić information content (AvgIpc) is 2.49. The summed E-state index contributed by atoms with van der Waals surface area (Å²) in [5, 5.41) is 3.38. The topological polar surface area (TPSA) is 112 Å². The lowest BCUT2D eigenvalue weighted by molar-refractivity contribution is 0.0924. The third-order valence-electron chi connectivity index (χ3n) is 3.34. The number of hydrogen-bond acceptors (Lipinski definition) is 5. The molecular weight excluding hydrogens is 280 g/mol. The van der Waals surface area contributed by atoms with Crippen LogP contribution in [0.4, 0.5) is 0 Å². The third-order valence-corrected chi connectivity index (χ3v) is 3.34. The van der Waals surface area contributed by atoms with Crippen LogP contribution in [0.1, 0.15) is 62.8 Å². The molecule has 0 amide bonds. The van der Waals surface area contributed by atoms with Crippen LogP contribution in [0.5, 0.6) is 0 Å². The number of carbonyl (C=O) groups is 1. The monoisotopic (exact) mass is 310 g/mol. The van der Waals surface area contributed by atoms with Crippen LogP contribution in [0.15, 0.2) is 12.3 Å². The number of hydrogen-bond donors (Lipinski definition) is 2. The maximum atomic E-state index is 12.6. The van der Waals surface area contributed by atoms with Crippen LogP contribution in [0.3, 0.4) is 0 Å². The fourth-order valence-corrected chi connectivity index (χ4v) is 2.22. The normalized spacial score (nSPS) is 12.0. The molecule has 1 aromatic heterocycles. The van der Waals surface area contributed by atoms with Gasteiger partial charge in [-0.1, -0.05) is 33.6 Å². The number of aromatic nitrogens is 2. The molecule has 5 N–H and O–H groups in total. The molecule has 126 valence electrons. The highest BCUT2D eigenvalue weighted by atomic mass is 16.1. The molecule has 1 atom stereocenters. The molecule has 1 heterocycles. The van der Waals surface area contributed by atoms with Gasteiger partial charge in [-0.05, 0) is 31.4 Å². The fraction of sp³-hybridized carbons (Fsp3) is 0.688. The van der Waals surface area contributed by atoms with Gasteiger partial charge in [0, 0.05) is 6.20 Å². The Morgan fingerprint density at radius 2 is 2.09 bits per heavy atom. The molecule has 1 aromatic rings. The SMILES string of the molecule is CCCCCNC(CC(C)C)C(=O)c1ccnc(CN)n1.O. The first-order chi connectivity index (χ1) is 10.1. The molecule has 0 aliphatic heterocycles. The molecule has 1 unspecified atom stereocenters. The maximum absolute atomic E-state index is 12.6. The van der Waals surface area contributed by atoms with Crippen molar-refractivity contribution in [3.05, 3.63) is 23.8 Å². The third kappa shape index (κ3) is 7.06. The molecular formula is C16H30N4O2. The number of ketones is 1. The number of Topliss-reactive ketones (excluding diaryl/α,β-unsaturated/α-hetero) is 1. The predicted octanol–water partition coefficient (Wildman–Crippen LogP) is 1.49. The Balaban J connectivity index is 0.00000441. The summed E-state index contributed by atoms with van der Waals surface area (Å²) in [6.07, 6.45) is 5.87. The number of nitrogens with two attached hydrogens (primary N) is 1. The largest absolute Gasteiger partial charge is 0.412 e. The summed E-state index contributed by atoms with van der Waals surface area (Å²) >= 11 is 0. The highest BCUT2D eigenvalue weighted by molar-refractivity contribution is 5.98. The lowest BCUT2D eigenvalue weighted by atomic mass is 9.98. The average molecular weight is 310 g/mol. The Labute approximate surface area is 133 Å². The Morgan fingerprint density at radius 1 is 1.36 bits per heavy atom. The zero-order chi connectivity index (χ0) is 15.7. The van der Waals surface area contributed by atoms with E-state index in [2.05, 4.69) is 36.1 Å². The minimum absolute atomic E-state index is 0. The summed E-state index contributed by atoms with van der Waals surface area (Å²) in [7, 11) is 0. The first kappa shape index (κ1) is 20.6. The maximum Gasteiger partial charge on any atom is 0.198 e. The molecule has 0 saturated heterocycles. The molecule has 0 aliphatic rings. The van der Waals surface area contributed by atoms with Gasteiger partial charge in [0.05, 0.1) is 12.6 Å². The molecule has 6 heteroatoms. The minimum atomic E-state index is -0.178. The summed E-state index contributed by atoms with van der Waals surface area (Å²) in [6, 6.07) is 1.49. The van der Waals surface area contributed by atoms with Crippen molar-refractivity contribution in [2.24, 2.45) is 11.7 Å². The lowest BCUT2D eigenvalue weighted by Crippen LogP contribution is -2.39. The van der Waals surface area contributed by atoms with Crippen LogP contribution in [-0.4, -0.2) is 33.8 Å². The van der Waals surface area contributed by atoms with Crippen LogP contribution in [0.25, 0.3) is 0 Å². The van der Waals surface area contributed by atoms with Crippen LogP contribution in [0, 0.1) is 5.92 Å². The zero-order valence-corrected chi connectivity index (χ0v) is 13.9. The molecule has 0 aliphatic carbocycles.